The molecular weight excluding hydrogens is 260 g/mol. The molecule has 4 heteroatoms. The third kappa shape index (κ3) is 4.22. The Kier molecular flexibility index (Phi) is 5.23. The molecular formula is C15H21ClN2O. The molecule has 1 aliphatic heterocycles. The lowest BCUT2D eigenvalue weighted by Gasteiger charge is -2.21. The van der Waals surface area contributed by atoms with Crippen molar-refractivity contribution in [3.8, 4) is 0 Å². The van der Waals surface area contributed by atoms with Crippen molar-refractivity contribution >= 4 is 17.5 Å². The molecule has 0 unspecified atom stereocenters. The van der Waals surface area contributed by atoms with Gasteiger partial charge < -0.3 is 4.90 Å². The fourth-order valence-corrected chi connectivity index (χ4v) is 2.58. The number of hydrogen-bond donors (Lipinski definition) is 0. The van der Waals surface area contributed by atoms with Crippen molar-refractivity contribution in [1.82, 2.24) is 9.80 Å². The Balaban J connectivity index is 1.89. The van der Waals surface area contributed by atoms with Crippen molar-refractivity contribution in [2.45, 2.75) is 19.9 Å². The van der Waals surface area contributed by atoms with E-state index in [1.807, 2.05) is 4.90 Å². The summed E-state index contributed by atoms with van der Waals surface area (Å²) in [4.78, 5) is 15.9. The van der Waals surface area contributed by atoms with E-state index in [-0.39, 0.29) is 11.8 Å². The van der Waals surface area contributed by atoms with E-state index in [1.54, 1.807) is 0 Å². The number of rotatable bonds is 3. The molecule has 0 spiro atoms. The normalized spacial score (nSPS) is 17.3. The Morgan fingerprint density at radius 1 is 1.16 bits per heavy atom. The first-order chi connectivity index (χ1) is 9.19. The first-order valence-corrected chi connectivity index (χ1v) is 7.34. The maximum atomic E-state index is 11.6. The van der Waals surface area contributed by atoms with Crippen LogP contribution in [0.5, 0.6) is 0 Å². The lowest BCUT2D eigenvalue weighted by atomic mass is 10.1. The van der Waals surface area contributed by atoms with Gasteiger partial charge in [-0.2, -0.15) is 0 Å². The van der Waals surface area contributed by atoms with Crippen LogP contribution in [-0.4, -0.2) is 47.8 Å². The predicted octanol–water partition coefficient (Wildman–Crippen LogP) is 2.27. The average molecular weight is 281 g/mol. The zero-order chi connectivity index (χ0) is 13.7. The fraction of sp³-hybridized carbons (Fsp3) is 0.533. The van der Waals surface area contributed by atoms with Gasteiger partial charge in [-0.05, 0) is 18.9 Å². The molecule has 0 aromatic heterocycles. The Labute approximate surface area is 120 Å². The minimum atomic E-state index is 0.0545. The van der Waals surface area contributed by atoms with Gasteiger partial charge in [-0.15, -0.1) is 11.6 Å². The van der Waals surface area contributed by atoms with E-state index in [0.29, 0.717) is 0 Å². The van der Waals surface area contributed by atoms with Gasteiger partial charge in [0.15, 0.2) is 0 Å². The van der Waals surface area contributed by atoms with Crippen LogP contribution in [0.1, 0.15) is 17.5 Å². The first kappa shape index (κ1) is 14.4. The second-order valence-corrected chi connectivity index (χ2v) is 5.40. The molecule has 1 amide bonds. The largest absolute Gasteiger partial charge is 0.340 e. The van der Waals surface area contributed by atoms with Gasteiger partial charge in [0.1, 0.15) is 5.88 Å². The minimum Gasteiger partial charge on any atom is -0.340 e. The van der Waals surface area contributed by atoms with Gasteiger partial charge >= 0.3 is 0 Å². The summed E-state index contributed by atoms with van der Waals surface area (Å²) in [7, 11) is 0. The van der Waals surface area contributed by atoms with Crippen LogP contribution < -0.4 is 0 Å². The van der Waals surface area contributed by atoms with Gasteiger partial charge in [0.05, 0.1) is 0 Å². The van der Waals surface area contributed by atoms with Gasteiger partial charge in [0.2, 0.25) is 5.91 Å². The summed E-state index contributed by atoms with van der Waals surface area (Å²) < 4.78 is 0. The van der Waals surface area contributed by atoms with Gasteiger partial charge in [0.25, 0.3) is 0 Å². The molecule has 0 bridgehead atoms. The van der Waals surface area contributed by atoms with Crippen LogP contribution in [0.2, 0.25) is 0 Å². The van der Waals surface area contributed by atoms with Crippen LogP contribution >= 0.6 is 11.6 Å². The van der Waals surface area contributed by atoms with E-state index in [2.05, 4.69) is 36.1 Å². The van der Waals surface area contributed by atoms with Gasteiger partial charge in [-0.25, -0.2) is 0 Å². The first-order valence-electron chi connectivity index (χ1n) is 6.80. The van der Waals surface area contributed by atoms with Crippen molar-refractivity contribution in [2.24, 2.45) is 0 Å². The van der Waals surface area contributed by atoms with Gasteiger partial charge in [-0.1, -0.05) is 29.8 Å². The number of halogens is 1. The zero-order valence-corrected chi connectivity index (χ0v) is 12.2. The Hall–Kier alpha value is -1.06. The van der Waals surface area contributed by atoms with Crippen LogP contribution in [0.4, 0.5) is 0 Å². The van der Waals surface area contributed by atoms with Crippen molar-refractivity contribution in [1.29, 1.82) is 0 Å². The number of hydrogen-bond acceptors (Lipinski definition) is 2. The lowest BCUT2D eigenvalue weighted by Crippen LogP contribution is -2.35. The van der Waals surface area contributed by atoms with Crippen molar-refractivity contribution in [3.63, 3.8) is 0 Å². The molecule has 104 valence electrons. The van der Waals surface area contributed by atoms with Crippen LogP contribution in [0.3, 0.4) is 0 Å². The van der Waals surface area contributed by atoms with Crippen molar-refractivity contribution < 1.29 is 4.79 Å². The molecule has 0 saturated carbocycles. The second kappa shape index (κ2) is 6.92. The van der Waals surface area contributed by atoms with Crippen molar-refractivity contribution in [3.05, 3.63) is 35.4 Å². The van der Waals surface area contributed by atoms with Crippen LogP contribution in [0.15, 0.2) is 24.3 Å². The van der Waals surface area contributed by atoms with E-state index in [1.165, 1.54) is 11.1 Å². The smallest absolute Gasteiger partial charge is 0.237 e. The summed E-state index contributed by atoms with van der Waals surface area (Å²) in [5.74, 6) is 0.150. The monoisotopic (exact) mass is 280 g/mol. The molecule has 1 heterocycles. The number of amides is 1. The minimum absolute atomic E-state index is 0.0545. The molecule has 1 aromatic carbocycles. The Morgan fingerprint density at radius 2 is 1.89 bits per heavy atom. The highest BCUT2D eigenvalue weighted by atomic mass is 35.5. The van der Waals surface area contributed by atoms with Crippen LogP contribution in [-0.2, 0) is 11.3 Å². The van der Waals surface area contributed by atoms with E-state index in [9.17, 15) is 4.79 Å². The number of aryl methyl sites for hydroxylation is 1. The molecule has 2 rings (SSSR count). The SMILES string of the molecule is Cc1ccc(CN2CCCN(C(=O)CCl)CC2)cc1. The molecule has 0 radical (unpaired) electrons. The summed E-state index contributed by atoms with van der Waals surface area (Å²) in [6.07, 6.45) is 1.02. The third-order valence-electron chi connectivity index (χ3n) is 3.58. The Morgan fingerprint density at radius 3 is 2.58 bits per heavy atom. The molecule has 19 heavy (non-hydrogen) atoms. The molecule has 1 aliphatic rings. The summed E-state index contributed by atoms with van der Waals surface area (Å²) in [6, 6.07) is 8.66. The number of carbonyl (C=O) groups is 1. The topological polar surface area (TPSA) is 23.6 Å². The van der Waals surface area contributed by atoms with Crippen molar-refractivity contribution in [2.75, 3.05) is 32.1 Å². The maximum Gasteiger partial charge on any atom is 0.237 e. The van der Waals surface area contributed by atoms with E-state index in [4.69, 9.17) is 11.6 Å². The molecule has 1 aromatic rings. The van der Waals surface area contributed by atoms with Gasteiger partial charge in [0, 0.05) is 32.7 Å². The standard InChI is InChI=1S/C15H21ClN2O/c1-13-3-5-14(6-4-13)12-17-7-2-8-18(10-9-17)15(19)11-16/h3-6H,2,7-12H2,1H3. The summed E-state index contributed by atoms with van der Waals surface area (Å²) in [5, 5.41) is 0. The number of carbonyl (C=O) groups excluding carboxylic acids is 1. The zero-order valence-electron chi connectivity index (χ0n) is 11.4. The average Bonchev–Trinajstić information content (AvgIpc) is 2.66. The molecule has 0 atom stereocenters. The molecule has 1 fully saturated rings. The number of nitrogens with zero attached hydrogens (tertiary/aromatic N) is 2. The van der Waals surface area contributed by atoms with E-state index >= 15 is 0 Å². The molecule has 1 saturated heterocycles. The number of alkyl halides is 1. The fourth-order valence-electron chi connectivity index (χ4n) is 2.41. The second-order valence-electron chi connectivity index (χ2n) is 5.13. The highest BCUT2D eigenvalue weighted by molar-refractivity contribution is 6.27. The van der Waals surface area contributed by atoms with Crippen LogP contribution in [0, 0.1) is 6.92 Å². The number of benzene rings is 1. The summed E-state index contributed by atoms with van der Waals surface area (Å²) in [6.45, 7) is 6.65. The molecule has 0 aliphatic carbocycles. The quantitative estimate of drug-likeness (QED) is 0.793. The summed E-state index contributed by atoms with van der Waals surface area (Å²) in [5.41, 5.74) is 2.63. The van der Waals surface area contributed by atoms with Crippen LogP contribution in [0.25, 0.3) is 0 Å². The predicted molar refractivity (Wildman–Crippen MR) is 78.4 cm³/mol. The van der Waals surface area contributed by atoms with Gasteiger partial charge in [-0.3, -0.25) is 9.69 Å². The Bertz CT molecular complexity index is 419. The van der Waals surface area contributed by atoms with E-state index < -0.39 is 0 Å². The highest BCUT2D eigenvalue weighted by Gasteiger charge is 2.18. The maximum absolute atomic E-state index is 11.6. The lowest BCUT2D eigenvalue weighted by molar-refractivity contribution is -0.128. The molecule has 0 N–H and O–H groups in total. The highest BCUT2D eigenvalue weighted by Crippen LogP contribution is 2.10. The summed E-state index contributed by atoms with van der Waals surface area (Å²) >= 11 is 5.61. The molecule has 3 nitrogen and oxygen atoms in total. The third-order valence-corrected chi connectivity index (χ3v) is 3.81. The van der Waals surface area contributed by atoms with E-state index in [0.717, 1.165) is 39.1 Å².